The highest BCUT2D eigenvalue weighted by atomic mass is 19.4. The van der Waals surface area contributed by atoms with Crippen LogP contribution in [0.5, 0.6) is 0 Å². The van der Waals surface area contributed by atoms with E-state index in [0.717, 1.165) is 16.7 Å². The number of hydrogen-bond donors (Lipinski definition) is 2. The third-order valence-corrected chi connectivity index (χ3v) is 5.74. The molecule has 0 saturated heterocycles. The molecule has 0 aromatic heterocycles. The molecule has 1 aliphatic carbocycles. The minimum absolute atomic E-state index is 0.0268. The number of carboxylic acid groups (broad SMARTS) is 1. The molecule has 2 N–H and O–H groups in total. The van der Waals surface area contributed by atoms with Crippen LogP contribution in [0.25, 0.3) is 5.57 Å². The van der Waals surface area contributed by atoms with Crippen molar-refractivity contribution < 1.29 is 32.6 Å². The molecular weight excluding hydrogens is 447 g/mol. The molecule has 34 heavy (non-hydrogen) atoms. The van der Waals surface area contributed by atoms with Crippen LogP contribution in [0.2, 0.25) is 0 Å². The van der Waals surface area contributed by atoms with Crippen LogP contribution >= 0.6 is 0 Å². The lowest BCUT2D eigenvalue weighted by molar-refractivity contribution is -0.361. The van der Waals surface area contributed by atoms with Gasteiger partial charge in [0.1, 0.15) is 0 Å². The van der Waals surface area contributed by atoms with E-state index >= 15 is 0 Å². The van der Waals surface area contributed by atoms with Crippen molar-refractivity contribution in [2.24, 2.45) is 5.92 Å². The fourth-order valence-electron chi connectivity index (χ4n) is 3.90. The van der Waals surface area contributed by atoms with Gasteiger partial charge < -0.3 is 10.4 Å². The van der Waals surface area contributed by atoms with Crippen molar-refractivity contribution in [3.63, 3.8) is 0 Å². The zero-order chi connectivity index (χ0) is 24.8. The quantitative estimate of drug-likeness (QED) is 0.512. The standard InChI is InChI=1S/C26H26F3NO4/c1-25(34-26(27,28)29)15-13-21(19-5-3-2-4-6-19)17-22(25)12-9-18-7-10-20(11-8-18)24(33)30-16-14-23(31)32/h2-8,10-11,13,15,17,22H,9,12,14,16H2,1H3,(H,30,33)(H,31,32). The highest BCUT2D eigenvalue weighted by molar-refractivity contribution is 5.94. The Kier molecular flexibility index (Phi) is 7.94. The molecule has 1 aliphatic rings. The number of amides is 1. The smallest absolute Gasteiger partial charge is 0.481 e. The van der Waals surface area contributed by atoms with Crippen molar-refractivity contribution in [3.8, 4) is 0 Å². The molecular formula is C26H26F3NO4. The normalized spacial score (nSPS) is 20.0. The summed E-state index contributed by atoms with van der Waals surface area (Å²) >= 11 is 0. The summed E-state index contributed by atoms with van der Waals surface area (Å²) in [7, 11) is 0. The second-order valence-corrected chi connectivity index (χ2v) is 8.29. The largest absolute Gasteiger partial charge is 0.523 e. The van der Waals surface area contributed by atoms with E-state index in [1.807, 2.05) is 36.4 Å². The topological polar surface area (TPSA) is 75.6 Å². The molecule has 0 aliphatic heterocycles. The molecule has 0 spiro atoms. The number of nitrogens with one attached hydrogen (secondary N) is 1. The van der Waals surface area contributed by atoms with Gasteiger partial charge in [-0.05, 0) is 48.6 Å². The van der Waals surface area contributed by atoms with Gasteiger partial charge in [-0.2, -0.15) is 0 Å². The number of ether oxygens (including phenoxy) is 1. The Morgan fingerprint density at radius 3 is 2.38 bits per heavy atom. The van der Waals surface area contributed by atoms with Crippen molar-refractivity contribution in [2.75, 3.05) is 6.54 Å². The molecule has 0 bridgehead atoms. The molecule has 2 aromatic carbocycles. The lowest BCUT2D eigenvalue weighted by Crippen LogP contribution is -2.41. The minimum Gasteiger partial charge on any atom is -0.481 e. The zero-order valence-corrected chi connectivity index (χ0v) is 18.6. The molecule has 0 fully saturated rings. The molecule has 3 rings (SSSR count). The Bertz CT molecular complexity index is 1060. The number of rotatable bonds is 9. The average Bonchev–Trinajstić information content (AvgIpc) is 2.78. The average molecular weight is 473 g/mol. The fourth-order valence-corrected chi connectivity index (χ4v) is 3.90. The molecule has 5 nitrogen and oxygen atoms in total. The van der Waals surface area contributed by atoms with Crippen molar-refractivity contribution in [1.82, 2.24) is 5.32 Å². The van der Waals surface area contributed by atoms with E-state index in [4.69, 9.17) is 5.11 Å². The third kappa shape index (κ3) is 7.05. The zero-order valence-electron chi connectivity index (χ0n) is 18.6. The molecule has 2 aromatic rings. The first-order valence-electron chi connectivity index (χ1n) is 10.9. The fraction of sp³-hybridized carbons (Fsp3) is 0.308. The molecule has 8 heteroatoms. The number of aryl methyl sites for hydroxylation is 1. The van der Waals surface area contributed by atoms with Crippen molar-refractivity contribution in [3.05, 3.63) is 89.5 Å². The Morgan fingerprint density at radius 2 is 1.76 bits per heavy atom. The Labute approximate surface area is 195 Å². The van der Waals surface area contributed by atoms with E-state index in [2.05, 4.69) is 10.1 Å². The van der Waals surface area contributed by atoms with E-state index in [1.165, 1.54) is 13.0 Å². The molecule has 180 valence electrons. The van der Waals surface area contributed by atoms with Crippen LogP contribution in [0, 0.1) is 5.92 Å². The Morgan fingerprint density at radius 1 is 1.09 bits per heavy atom. The predicted octanol–water partition coefficient (Wildman–Crippen LogP) is 5.39. The van der Waals surface area contributed by atoms with E-state index in [1.54, 1.807) is 30.3 Å². The maximum atomic E-state index is 13.1. The molecule has 2 unspecified atom stereocenters. The molecule has 0 radical (unpaired) electrons. The van der Waals surface area contributed by atoms with E-state index in [-0.39, 0.29) is 18.9 Å². The van der Waals surface area contributed by atoms with Gasteiger partial charge in [0, 0.05) is 18.0 Å². The van der Waals surface area contributed by atoms with E-state index in [0.29, 0.717) is 18.4 Å². The van der Waals surface area contributed by atoms with Gasteiger partial charge in [0.2, 0.25) is 0 Å². The van der Waals surface area contributed by atoms with Gasteiger partial charge in [0.05, 0.1) is 12.0 Å². The van der Waals surface area contributed by atoms with Crippen LogP contribution in [-0.2, 0) is 16.0 Å². The summed E-state index contributed by atoms with van der Waals surface area (Å²) in [4.78, 5) is 22.6. The highest BCUT2D eigenvalue weighted by Crippen LogP contribution is 2.40. The van der Waals surface area contributed by atoms with Crippen molar-refractivity contribution >= 4 is 17.4 Å². The number of carbonyl (C=O) groups excluding carboxylic acids is 1. The Hall–Kier alpha value is -3.39. The first kappa shape index (κ1) is 25.2. The number of halogens is 3. The number of carbonyl (C=O) groups is 2. The van der Waals surface area contributed by atoms with Crippen LogP contribution in [-0.4, -0.2) is 35.5 Å². The molecule has 1 amide bonds. The summed E-state index contributed by atoms with van der Waals surface area (Å²) in [6, 6.07) is 16.1. The predicted molar refractivity (Wildman–Crippen MR) is 122 cm³/mol. The van der Waals surface area contributed by atoms with Crippen LogP contribution in [0.3, 0.4) is 0 Å². The summed E-state index contributed by atoms with van der Waals surface area (Å²) in [5.74, 6) is -1.92. The van der Waals surface area contributed by atoms with Gasteiger partial charge >= 0.3 is 12.3 Å². The van der Waals surface area contributed by atoms with Crippen LogP contribution in [0.4, 0.5) is 13.2 Å². The number of benzene rings is 2. The van der Waals surface area contributed by atoms with Crippen molar-refractivity contribution in [2.45, 2.75) is 38.1 Å². The first-order chi connectivity index (χ1) is 16.1. The van der Waals surface area contributed by atoms with Gasteiger partial charge in [-0.15, -0.1) is 13.2 Å². The SMILES string of the molecule is CC1(OC(F)(F)F)C=CC(c2ccccc2)=CC1CCc1ccc(C(=O)NCCC(=O)O)cc1. The summed E-state index contributed by atoms with van der Waals surface area (Å²) in [5, 5.41) is 11.2. The lowest BCUT2D eigenvalue weighted by atomic mass is 9.78. The third-order valence-electron chi connectivity index (χ3n) is 5.74. The number of alkyl halides is 3. The van der Waals surface area contributed by atoms with Crippen molar-refractivity contribution in [1.29, 1.82) is 0 Å². The number of hydrogen-bond acceptors (Lipinski definition) is 3. The Balaban J connectivity index is 1.71. The first-order valence-corrected chi connectivity index (χ1v) is 10.9. The maximum Gasteiger partial charge on any atom is 0.523 e. The van der Waals surface area contributed by atoms with E-state index in [9.17, 15) is 22.8 Å². The number of carboxylic acids is 1. The van der Waals surface area contributed by atoms with Gasteiger partial charge in [0.15, 0.2) is 0 Å². The van der Waals surface area contributed by atoms with Crippen LogP contribution < -0.4 is 5.32 Å². The van der Waals surface area contributed by atoms with Gasteiger partial charge in [0.25, 0.3) is 5.91 Å². The van der Waals surface area contributed by atoms with Gasteiger partial charge in [-0.3, -0.25) is 14.3 Å². The summed E-state index contributed by atoms with van der Waals surface area (Å²) < 4.78 is 44.0. The minimum atomic E-state index is -4.77. The molecule has 0 saturated carbocycles. The number of allylic oxidation sites excluding steroid dienone is 2. The lowest BCUT2D eigenvalue weighted by Gasteiger charge is -2.37. The second-order valence-electron chi connectivity index (χ2n) is 8.29. The second kappa shape index (κ2) is 10.7. The monoisotopic (exact) mass is 473 g/mol. The number of aliphatic carboxylic acids is 1. The van der Waals surface area contributed by atoms with Crippen LogP contribution in [0.1, 0.15) is 41.3 Å². The molecule has 0 heterocycles. The molecule has 2 atom stereocenters. The summed E-state index contributed by atoms with van der Waals surface area (Å²) in [6.07, 6.45) is 0.896. The summed E-state index contributed by atoms with van der Waals surface area (Å²) in [5.41, 5.74) is 1.45. The maximum absolute atomic E-state index is 13.1. The van der Waals surface area contributed by atoms with Gasteiger partial charge in [-0.1, -0.05) is 60.7 Å². The summed E-state index contributed by atoms with van der Waals surface area (Å²) in [6.45, 7) is 1.46. The van der Waals surface area contributed by atoms with E-state index < -0.39 is 23.9 Å². The van der Waals surface area contributed by atoms with Gasteiger partial charge in [-0.25, -0.2) is 0 Å². The highest BCUT2D eigenvalue weighted by Gasteiger charge is 2.44. The van der Waals surface area contributed by atoms with Crippen LogP contribution in [0.15, 0.2) is 72.8 Å².